The highest BCUT2D eigenvalue weighted by Gasteiger charge is 2.12. The summed E-state index contributed by atoms with van der Waals surface area (Å²) < 4.78 is 0. The Morgan fingerprint density at radius 2 is 1.65 bits per heavy atom. The molecule has 2 N–H and O–H groups in total. The van der Waals surface area contributed by atoms with E-state index in [1.165, 1.54) is 12.1 Å². The van der Waals surface area contributed by atoms with Gasteiger partial charge in [-0.15, -0.1) is 0 Å². The number of hydrogen-bond acceptors (Lipinski definition) is 2. The minimum absolute atomic E-state index is 0.148. The van der Waals surface area contributed by atoms with E-state index in [2.05, 4.69) is 5.32 Å². The van der Waals surface area contributed by atoms with Gasteiger partial charge >= 0.3 is 5.97 Å². The molecule has 7 heteroatoms. The highest BCUT2D eigenvalue weighted by molar-refractivity contribution is 6.42. The molecule has 1 aromatic carbocycles. The standard InChI is InChI=1S/C10H8Cl3NO3/c11-5-3-6(12)10(7(13)4-5)14-8(15)1-2-9(16)17/h3-4H,1-2H2,(H,14,15)(H,16,17). The molecular weight excluding hydrogens is 288 g/mol. The quantitative estimate of drug-likeness (QED) is 0.894. The van der Waals surface area contributed by atoms with Crippen LogP contribution in [0.5, 0.6) is 0 Å². The minimum atomic E-state index is -1.05. The number of hydrogen-bond donors (Lipinski definition) is 2. The smallest absolute Gasteiger partial charge is 0.303 e. The summed E-state index contributed by atoms with van der Waals surface area (Å²) in [7, 11) is 0. The molecule has 0 bridgehead atoms. The van der Waals surface area contributed by atoms with E-state index in [0.29, 0.717) is 5.02 Å². The van der Waals surface area contributed by atoms with Crippen molar-refractivity contribution in [1.29, 1.82) is 0 Å². The van der Waals surface area contributed by atoms with E-state index in [1.54, 1.807) is 0 Å². The molecule has 0 fully saturated rings. The van der Waals surface area contributed by atoms with Crippen LogP contribution in [0.2, 0.25) is 15.1 Å². The molecule has 0 spiro atoms. The molecule has 0 atom stereocenters. The van der Waals surface area contributed by atoms with E-state index in [4.69, 9.17) is 39.9 Å². The summed E-state index contributed by atoms with van der Waals surface area (Å²) in [5.74, 6) is -1.52. The van der Waals surface area contributed by atoms with E-state index in [-0.39, 0.29) is 28.6 Å². The van der Waals surface area contributed by atoms with Gasteiger partial charge in [-0.25, -0.2) is 0 Å². The number of carbonyl (C=O) groups is 2. The number of carbonyl (C=O) groups excluding carboxylic acids is 1. The molecule has 1 amide bonds. The Bertz CT molecular complexity index is 439. The van der Waals surface area contributed by atoms with Crippen LogP contribution in [0.4, 0.5) is 5.69 Å². The maximum absolute atomic E-state index is 11.4. The van der Waals surface area contributed by atoms with E-state index >= 15 is 0 Å². The number of anilines is 1. The van der Waals surface area contributed by atoms with Crippen molar-refractivity contribution < 1.29 is 14.7 Å². The lowest BCUT2D eigenvalue weighted by atomic mass is 10.2. The van der Waals surface area contributed by atoms with E-state index in [1.807, 2.05) is 0 Å². The monoisotopic (exact) mass is 295 g/mol. The SMILES string of the molecule is O=C(O)CCC(=O)Nc1c(Cl)cc(Cl)cc1Cl. The summed E-state index contributed by atoms with van der Waals surface area (Å²) in [5.41, 5.74) is 0.230. The molecule has 0 unspecified atom stereocenters. The Morgan fingerprint density at radius 1 is 1.12 bits per heavy atom. The van der Waals surface area contributed by atoms with Crippen LogP contribution in [-0.2, 0) is 9.59 Å². The Hall–Kier alpha value is -0.970. The van der Waals surface area contributed by atoms with Crippen molar-refractivity contribution in [3.8, 4) is 0 Å². The molecular formula is C10H8Cl3NO3. The van der Waals surface area contributed by atoms with Gasteiger partial charge in [0.2, 0.25) is 5.91 Å². The lowest BCUT2D eigenvalue weighted by Gasteiger charge is -2.09. The van der Waals surface area contributed by atoms with Crippen LogP contribution in [-0.4, -0.2) is 17.0 Å². The first-order valence-corrected chi connectivity index (χ1v) is 5.69. The Balaban J connectivity index is 2.75. The van der Waals surface area contributed by atoms with Crippen molar-refractivity contribution in [2.75, 3.05) is 5.32 Å². The lowest BCUT2D eigenvalue weighted by molar-refractivity contribution is -0.138. The minimum Gasteiger partial charge on any atom is -0.481 e. The lowest BCUT2D eigenvalue weighted by Crippen LogP contribution is -2.13. The van der Waals surface area contributed by atoms with Gasteiger partial charge < -0.3 is 10.4 Å². The summed E-state index contributed by atoms with van der Waals surface area (Å²) in [5, 5.41) is 11.6. The molecule has 0 saturated heterocycles. The number of carboxylic acid groups (broad SMARTS) is 1. The third kappa shape index (κ3) is 4.42. The van der Waals surface area contributed by atoms with Crippen molar-refractivity contribution in [3.63, 3.8) is 0 Å². The zero-order chi connectivity index (χ0) is 13.0. The Labute approximate surface area is 112 Å². The van der Waals surface area contributed by atoms with E-state index < -0.39 is 11.9 Å². The van der Waals surface area contributed by atoms with Gasteiger partial charge in [-0.2, -0.15) is 0 Å². The number of amides is 1. The Kier molecular flexibility index (Phi) is 5.05. The molecule has 1 aromatic rings. The maximum Gasteiger partial charge on any atom is 0.303 e. The molecule has 1 rings (SSSR count). The fourth-order valence-corrected chi connectivity index (χ4v) is 2.00. The van der Waals surface area contributed by atoms with Gasteiger partial charge in [-0.05, 0) is 12.1 Å². The second-order valence-electron chi connectivity index (χ2n) is 3.19. The summed E-state index contributed by atoms with van der Waals surface area (Å²) >= 11 is 17.4. The van der Waals surface area contributed by atoms with Crippen LogP contribution in [0.25, 0.3) is 0 Å². The third-order valence-electron chi connectivity index (χ3n) is 1.84. The number of halogens is 3. The van der Waals surface area contributed by atoms with Gasteiger partial charge in [0, 0.05) is 11.4 Å². The summed E-state index contributed by atoms with van der Waals surface area (Å²) in [6.45, 7) is 0. The summed E-state index contributed by atoms with van der Waals surface area (Å²) in [6, 6.07) is 2.86. The van der Waals surface area contributed by atoms with Crippen LogP contribution in [0, 0.1) is 0 Å². The van der Waals surface area contributed by atoms with Crippen molar-refractivity contribution in [1.82, 2.24) is 0 Å². The number of nitrogens with one attached hydrogen (secondary N) is 1. The summed E-state index contributed by atoms with van der Waals surface area (Å²) in [4.78, 5) is 21.7. The van der Waals surface area contributed by atoms with Crippen molar-refractivity contribution in [2.45, 2.75) is 12.8 Å². The first-order chi connectivity index (χ1) is 7.90. The van der Waals surface area contributed by atoms with Gasteiger partial charge in [0.05, 0.1) is 22.2 Å². The molecule has 0 aliphatic rings. The second kappa shape index (κ2) is 6.10. The molecule has 0 aliphatic carbocycles. The molecule has 0 aromatic heterocycles. The second-order valence-corrected chi connectivity index (χ2v) is 4.44. The zero-order valence-electron chi connectivity index (χ0n) is 8.47. The highest BCUT2D eigenvalue weighted by Crippen LogP contribution is 2.33. The summed E-state index contributed by atoms with van der Waals surface area (Å²) in [6.07, 6.45) is -0.403. The molecule has 4 nitrogen and oxygen atoms in total. The van der Waals surface area contributed by atoms with Crippen molar-refractivity contribution in [3.05, 3.63) is 27.2 Å². The predicted octanol–water partition coefficient (Wildman–Crippen LogP) is 3.45. The molecule has 0 radical (unpaired) electrons. The number of carboxylic acids is 1. The normalized spacial score (nSPS) is 10.1. The predicted molar refractivity (Wildman–Crippen MR) is 67.0 cm³/mol. The van der Waals surface area contributed by atoms with Crippen LogP contribution < -0.4 is 5.32 Å². The van der Waals surface area contributed by atoms with Gasteiger partial charge in [-0.1, -0.05) is 34.8 Å². The fraction of sp³-hybridized carbons (Fsp3) is 0.200. The van der Waals surface area contributed by atoms with E-state index in [0.717, 1.165) is 0 Å². The van der Waals surface area contributed by atoms with Gasteiger partial charge in [0.25, 0.3) is 0 Å². The molecule has 0 aliphatic heterocycles. The topological polar surface area (TPSA) is 66.4 Å². The van der Waals surface area contributed by atoms with Gasteiger partial charge in [0.15, 0.2) is 0 Å². The maximum atomic E-state index is 11.4. The van der Waals surface area contributed by atoms with Crippen LogP contribution >= 0.6 is 34.8 Å². The average molecular weight is 297 g/mol. The number of aliphatic carboxylic acids is 1. The Morgan fingerprint density at radius 3 is 2.12 bits per heavy atom. The molecule has 17 heavy (non-hydrogen) atoms. The highest BCUT2D eigenvalue weighted by atomic mass is 35.5. The van der Waals surface area contributed by atoms with Gasteiger partial charge in [-0.3, -0.25) is 9.59 Å². The van der Waals surface area contributed by atoms with Gasteiger partial charge in [0.1, 0.15) is 0 Å². The molecule has 0 heterocycles. The molecule has 92 valence electrons. The van der Waals surface area contributed by atoms with Crippen LogP contribution in [0.15, 0.2) is 12.1 Å². The number of benzene rings is 1. The first kappa shape index (κ1) is 14.1. The van der Waals surface area contributed by atoms with Crippen LogP contribution in [0.1, 0.15) is 12.8 Å². The number of rotatable bonds is 4. The fourth-order valence-electron chi connectivity index (χ4n) is 1.08. The average Bonchev–Trinajstić information content (AvgIpc) is 2.20. The molecule has 0 saturated carbocycles. The van der Waals surface area contributed by atoms with E-state index in [9.17, 15) is 9.59 Å². The zero-order valence-corrected chi connectivity index (χ0v) is 10.7. The van der Waals surface area contributed by atoms with Crippen molar-refractivity contribution >= 4 is 52.4 Å². The first-order valence-electron chi connectivity index (χ1n) is 4.56. The third-order valence-corrected chi connectivity index (χ3v) is 2.65. The van der Waals surface area contributed by atoms with Crippen LogP contribution in [0.3, 0.4) is 0 Å². The van der Waals surface area contributed by atoms with Crippen molar-refractivity contribution in [2.24, 2.45) is 0 Å². The largest absolute Gasteiger partial charge is 0.481 e.